The lowest BCUT2D eigenvalue weighted by Gasteiger charge is -2.27. The number of hydroxylamine groups is 1. The quantitative estimate of drug-likeness (QED) is 0.616. The maximum absolute atomic E-state index is 13.1. The van der Waals surface area contributed by atoms with Gasteiger partial charge in [-0.15, -0.1) is 11.3 Å². The van der Waals surface area contributed by atoms with Gasteiger partial charge in [0.15, 0.2) is 0 Å². The van der Waals surface area contributed by atoms with Crippen LogP contribution in [0.1, 0.15) is 10.4 Å². The van der Waals surface area contributed by atoms with Gasteiger partial charge in [0.2, 0.25) is 10.0 Å². The molecule has 2 aromatic rings. The molecule has 1 aliphatic rings. The smallest absolute Gasteiger partial charge is 0.262 e. The molecule has 0 saturated carbocycles. The maximum atomic E-state index is 13.1. The van der Waals surface area contributed by atoms with Crippen molar-refractivity contribution in [2.45, 2.75) is 23.8 Å². The number of ether oxygens (including phenoxy) is 1. The highest BCUT2D eigenvalue weighted by molar-refractivity contribution is 7.89. The second kappa shape index (κ2) is 7.12. The fourth-order valence-electron chi connectivity index (χ4n) is 2.90. The third kappa shape index (κ3) is 3.40. The van der Waals surface area contributed by atoms with Crippen molar-refractivity contribution in [1.29, 1.82) is 0 Å². The number of sulfonamides is 1. The first-order valence-electron chi connectivity index (χ1n) is 7.62. The van der Waals surface area contributed by atoms with E-state index in [4.69, 9.17) is 9.94 Å². The van der Waals surface area contributed by atoms with E-state index >= 15 is 0 Å². The zero-order valence-electron chi connectivity index (χ0n) is 13.5. The molecule has 1 unspecified atom stereocenters. The van der Waals surface area contributed by atoms with Crippen LogP contribution in [0.5, 0.6) is 5.75 Å². The van der Waals surface area contributed by atoms with Gasteiger partial charge in [-0.1, -0.05) is 0 Å². The fourth-order valence-corrected chi connectivity index (χ4v) is 5.46. The van der Waals surface area contributed by atoms with Gasteiger partial charge >= 0.3 is 0 Å². The van der Waals surface area contributed by atoms with Crippen molar-refractivity contribution in [3.05, 3.63) is 46.2 Å². The van der Waals surface area contributed by atoms with Crippen molar-refractivity contribution >= 4 is 27.3 Å². The average molecular weight is 382 g/mol. The summed E-state index contributed by atoms with van der Waals surface area (Å²) in [6, 6.07) is 6.95. The van der Waals surface area contributed by atoms with E-state index in [1.54, 1.807) is 17.6 Å². The average Bonchev–Trinajstić information content (AvgIpc) is 2.99. The minimum absolute atomic E-state index is 0.0781. The molecule has 0 saturated heterocycles. The highest BCUT2D eigenvalue weighted by Crippen LogP contribution is 2.29. The van der Waals surface area contributed by atoms with Crippen LogP contribution < -0.4 is 10.2 Å². The lowest BCUT2D eigenvalue weighted by Crippen LogP contribution is -2.49. The van der Waals surface area contributed by atoms with Gasteiger partial charge in [-0.05, 0) is 47.7 Å². The molecule has 0 spiro atoms. The molecule has 7 nitrogen and oxygen atoms in total. The number of hydrogen-bond acceptors (Lipinski definition) is 6. The zero-order valence-corrected chi connectivity index (χ0v) is 15.1. The second-order valence-corrected chi connectivity index (χ2v) is 8.50. The molecule has 0 radical (unpaired) electrons. The van der Waals surface area contributed by atoms with Crippen LogP contribution in [-0.4, -0.2) is 43.5 Å². The largest absolute Gasteiger partial charge is 0.497 e. The predicted molar refractivity (Wildman–Crippen MR) is 92.3 cm³/mol. The van der Waals surface area contributed by atoms with Gasteiger partial charge in [-0.25, -0.2) is 13.9 Å². The summed E-state index contributed by atoms with van der Waals surface area (Å²) in [7, 11) is -2.40. The Labute approximate surface area is 149 Å². The van der Waals surface area contributed by atoms with E-state index in [0.717, 1.165) is 14.7 Å². The van der Waals surface area contributed by atoms with Gasteiger partial charge in [-0.2, -0.15) is 4.31 Å². The standard InChI is InChI=1S/C16H18N2O5S2/c1-23-12-2-4-13(5-3-12)25(21,22)18-8-6-11-7-9-24-15(11)10-14(18)16(19)17-20/h2-5,7,9,14,20H,6,8,10H2,1H3,(H,17,19). The molecule has 0 bridgehead atoms. The van der Waals surface area contributed by atoms with Crippen LogP contribution in [0, 0.1) is 0 Å². The molecule has 3 rings (SSSR count). The molecular formula is C16H18N2O5S2. The summed E-state index contributed by atoms with van der Waals surface area (Å²) >= 11 is 1.48. The number of nitrogens with one attached hydrogen (secondary N) is 1. The van der Waals surface area contributed by atoms with Crippen molar-refractivity contribution in [3.8, 4) is 5.75 Å². The second-order valence-electron chi connectivity index (χ2n) is 5.61. The molecule has 1 amide bonds. The normalized spacial score (nSPS) is 18.2. The minimum atomic E-state index is -3.90. The van der Waals surface area contributed by atoms with Crippen LogP contribution in [0.3, 0.4) is 0 Å². The van der Waals surface area contributed by atoms with Crippen LogP contribution in [-0.2, 0) is 27.7 Å². The molecule has 1 aromatic heterocycles. The summed E-state index contributed by atoms with van der Waals surface area (Å²) in [5.74, 6) is -0.194. The Morgan fingerprint density at radius 1 is 1.32 bits per heavy atom. The monoisotopic (exact) mass is 382 g/mol. The van der Waals surface area contributed by atoms with E-state index in [1.807, 2.05) is 11.4 Å². The topological polar surface area (TPSA) is 95.9 Å². The lowest BCUT2D eigenvalue weighted by molar-refractivity contribution is -0.133. The molecule has 2 N–H and O–H groups in total. The van der Waals surface area contributed by atoms with E-state index < -0.39 is 22.0 Å². The Hall–Kier alpha value is -1.94. The van der Waals surface area contributed by atoms with Gasteiger partial charge < -0.3 is 4.74 Å². The molecule has 0 aliphatic carbocycles. The van der Waals surface area contributed by atoms with Gasteiger partial charge in [-0.3, -0.25) is 10.0 Å². The van der Waals surface area contributed by atoms with Crippen molar-refractivity contribution in [2.24, 2.45) is 0 Å². The highest BCUT2D eigenvalue weighted by atomic mass is 32.2. The third-order valence-electron chi connectivity index (χ3n) is 4.24. The number of hydrogen-bond donors (Lipinski definition) is 2. The molecule has 1 aromatic carbocycles. The van der Waals surface area contributed by atoms with E-state index in [1.165, 1.54) is 30.6 Å². The summed E-state index contributed by atoms with van der Waals surface area (Å²) in [6.45, 7) is 0.163. The first-order chi connectivity index (χ1) is 12.0. The van der Waals surface area contributed by atoms with Gasteiger partial charge in [0.25, 0.3) is 5.91 Å². The van der Waals surface area contributed by atoms with Crippen molar-refractivity contribution in [3.63, 3.8) is 0 Å². The molecule has 1 aliphatic heterocycles. The first kappa shape index (κ1) is 17.9. The van der Waals surface area contributed by atoms with Gasteiger partial charge in [0.1, 0.15) is 11.8 Å². The number of fused-ring (bicyclic) bond motifs is 1. The summed E-state index contributed by atoms with van der Waals surface area (Å²) < 4.78 is 32.4. The van der Waals surface area contributed by atoms with E-state index in [0.29, 0.717) is 12.2 Å². The van der Waals surface area contributed by atoms with Gasteiger partial charge in [0.05, 0.1) is 12.0 Å². The minimum Gasteiger partial charge on any atom is -0.497 e. The van der Waals surface area contributed by atoms with Crippen molar-refractivity contribution < 1.29 is 23.2 Å². The fraction of sp³-hybridized carbons (Fsp3) is 0.312. The number of nitrogens with zero attached hydrogens (tertiary/aromatic N) is 1. The van der Waals surface area contributed by atoms with Crippen LogP contribution in [0.15, 0.2) is 40.6 Å². The van der Waals surface area contributed by atoms with Gasteiger partial charge in [0, 0.05) is 17.8 Å². The number of methoxy groups -OCH3 is 1. The number of benzene rings is 1. The Balaban J connectivity index is 1.99. The molecule has 1 atom stereocenters. The number of carbonyl (C=O) groups is 1. The lowest BCUT2D eigenvalue weighted by atomic mass is 10.1. The zero-order chi connectivity index (χ0) is 18.0. The Morgan fingerprint density at radius 2 is 2.04 bits per heavy atom. The molecule has 134 valence electrons. The Bertz CT molecular complexity index is 861. The number of rotatable bonds is 4. The predicted octanol–water partition coefficient (Wildman–Crippen LogP) is 1.42. The first-order valence-corrected chi connectivity index (χ1v) is 9.94. The van der Waals surface area contributed by atoms with Crippen molar-refractivity contribution in [1.82, 2.24) is 9.79 Å². The van der Waals surface area contributed by atoms with Crippen LogP contribution in [0.25, 0.3) is 0 Å². The van der Waals surface area contributed by atoms with Crippen molar-refractivity contribution in [2.75, 3.05) is 13.7 Å². The summed E-state index contributed by atoms with van der Waals surface area (Å²) in [6.07, 6.45) is 0.748. The molecule has 9 heteroatoms. The molecule has 25 heavy (non-hydrogen) atoms. The van der Waals surface area contributed by atoms with E-state index in [9.17, 15) is 13.2 Å². The number of amides is 1. The van der Waals surface area contributed by atoms with E-state index in [-0.39, 0.29) is 17.9 Å². The summed E-state index contributed by atoms with van der Waals surface area (Å²) in [4.78, 5) is 13.2. The number of thiophene rings is 1. The van der Waals surface area contributed by atoms with Crippen LogP contribution in [0.4, 0.5) is 0 Å². The molecule has 0 fully saturated rings. The molecular weight excluding hydrogens is 364 g/mol. The van der Waals surface area contributed by atoms with Crippen LogP contribution >= 0.6 is 11.3 Å². The Kier molecular flexibility index (Phi) is 5.09. The SMILES string of the molecule is COc1ccc(S(=O)(=O)N2CCc3ccsc3CC2C(=O)NO)cc1. The summed E-state index contributed by atoms with van der Waals surface area (Å²) in [5, 5.41) is 11.0. The maximum Gasteiger partial charge on any atom is 0.262 e. The molecule has 2 heterocycles. The van der Waals surface area contributed by atoms with Crippen LogP contribution in [0.2, 0.25) is 0 Å². The highest BCUT2D eigenvalue weighted by Gasteiger charge is 2.38. The Morgan fingerprint density at radius 3 is 2.68 bits per heavy atom. The number of carbonyl (C=O) groups excluding carboxylic acids is 1. The summed E-state index contributed by atoms with van der Waals surface area (Å²) in [5.41, 5.74) is 2.63. The van der Waals surface area contributed by atoms with E-state index in [2.05, 4.69) is 0 Å². The third-order valence-corrected chi connectivity index (χ3v) is 7.15.